The lowest BCUT2D eigenvalue weighted by Gasteiger charge is -2.06. The Hall–Kier alpha value is -1.13. The van der Waals surface area contributed by atoms with E-state index in [1.54, 1.807) is 0 Å². The summed E-state index contributed by atoms with van der Waals surface area (Å²) in [6, 6.07) is 1.94. The summed E-state index contributed by atoms with van der Waals surface area (Å²) in [5.41, 5.74) is 2.91. The molecule has 0 aromatic carbocycles. The number of hydrogen-bond donors (Lipinski definition) is 0. The van der Waals surface area contributed by atoms with Crippen LogP contribution in [0.15, 0.2) is 6.07 Å². The van der Waals surface area contributed by atoms with E-state index in [-0.39, 0.29) is 12.4 Å². The molecule has 1 aromatic rings. The molecular formula is C14H23NO3. The predicted octanol–water partition coefficient (Wildman–Crippen LogP) is 2.36. The lowest BCUT2D eigenvalue weighted by atomic mass is 10.1. The summed E-state index contributed by atoms with van der Waals surface area (Å²) in [6.45, 7) is 10.7. The molecule has 0 spiro atoms. The average Bonchev–Trinajstić information content (AvgIpc) is 2.64. The third-order valence-electron chi connectivity index (χ3n) is 3.00. The molecule has 0 aliphatic rings. The molecule has 1 aromatic heterocycles. The minimum atomic E-state index is 0.0410. The van der Waals surface area contributed by atoms with Crippen molar-refractivity contribution in [2.45, 2.75) is 34.2 Å². The number of nitrogens with zero attached hydrogens (tertiary/aromatic N) is 1. The second kappa shape index (κ2) is 7.34. The van der Waals surface area contributed by atoms with Crippen molar-refractivity contribution in [1.82, 2.24) is 4.57 Å². The van der Waals surface area contributed by atoms with Crippen molar-refractivity contribution >= 4 is 5.78 Å². The smallest absolute Gasteiger partial charge is 0.190 e. The maximum Gasteiger partial charge on any atom is 0.190 e. The minimum Gasteiger partial charge on any atom is -0.379 e. The first-order valence-corrected chi connectivity index (χ1v) is 6.47. The molecule has 0 N–H and O–H groups in total. The summed E-state index contributed by atoms with van der Waals surface area (Å²) >= 11 is 0. The Balaban J connectivity index is 2.52. The van der Waals surface area contributed by atoms with Crippen molar-refractivity contribution in [2.24, 2.45) is 0 Å². The van der Waals surface area contributed by atoms with Gasteiger partial charge in [-0.2, -0.15) is 0 Å². The van der Waals surface area contributed by atoms with Crippen LogP contribution in [0, 0.1) is 13.8 Å². The van der Waals surface area contributed by atoms with E-state index in [0.29, 0.717) is 19.8 Å². The van der Waals surface area contributed by atoms with E-state index in [1.165, 1.54) is 0 Å². The van der Waals surface area contributed by atoms with Crippen molar-refractivity contribution < 1.29 is 14.3 Å². The zero-order chi connectivity index (χ0) is 13.5. The second-order valence-electron chi connectivity index (χ2n) is 4.20. The van der Waals surface area contributed by atoms with Crippen LogP contribution in [0.5, 0.6) is 0 Å². The number of Topliss-reactive ketones (excluding diaryl/α,β-unsaturated/α-hetero) is 1. The lowest BCUT2D eigenvalue weighted by molar-refractivity contribution is 0.0474. The van der Waals surface area contributed by atoms with Gasteiger partial charge in [-0.05, 0) is 33.8 Å². The molecule has 4 nitrogen and oxygen atoms in total. The summed E-state index contributed by atoms with van der Waals surface area (Å²) < 4.78 is 12.6. The molecule has 0 bridgehead atoms. The molecule has 0 amide bonds. The van der Waals surface area contributed by atoms with Gasteiger partial charge >= 0.3 is 0 Å². The molecule has 4 heteroatoms. The fourth-order valence-corrected chi connectivity index (χ4v) is 2.07. The van der Waals surface area contributed by atoms with Crippen molar-refractivity contribution in [3.63, 3.8) is 0 Å². The number of aryl methyl sites for hydroxylation is 1. The number of ketones is 1. The molecular weight excluding hydrogens is 230 g/mol. The first-order chi connectivity index (χ1) is 8.61. The van der Waals surface area contributed by atoms with Gasteiger partial charge in [-0.25, -0.2) is 0 Å². The number of aromatic nitrogens is 1. The highest BCUT2D eigenvalue weighted by Crippen LogP contribution is 2.15. The molecule has 18 heavy (non-hydrogen) atoms. The van der Waals surface area contributed by atoms with E-state index in [1.807, 2.05) is 26.8 Å². The Morgan fingerprint density at radius 1 is 1.22 bits per heavy atom. The van der Waals surface area contributed by atoms with Gasteiger partial charge < -0.3 is 14.0 Å². The number of rotatable bonds is 8. The Bertz CT molecular complexity index is 396. The standard InChI is InChI=1S/C14H23NO3/c1-5-15-11(3)9-13(12(15)4)14(16)10-18-8-7-17-6-2/h9H,5-8,10H2,1-4H3. The molecule has 1 heterocycles. The maximum atomic E-state index is 12.0. The molecule has 0 aliphatic carbocycles. The van der Waals surface area contributed by atoms with Crippen molar-refractivity contribution in [3.8, 4) is 0 Å². The largest absolute Gasteiger partial charge is 0.379 e. The second-order valence-corrected chi connectivity index (χ2v) is 4.20. The van der Waals surface area contributed by atoms with Crippen LogP contribution in [0.2, 0.25) is 0 Å². The highest BCUT2D eigenvalue weighted by Gasteiger charge is 2.14. The third kappa shape index (κ3) is 3.68. The van der Waals surface area contributed by atoms with Gasteiger partial charge in [-0.3, -0.25) is 4.79 Å². The number of carbonyl (C=O) groups excluding carboxylic acids is 1. The highest BCUT2D eigenvalue weighted by molar-refractivity contribution is 5.98. The Morgan fingerprint density at radius 3 is 2.44 bits per heavy atom. The van der Waals surface area contributed by atoms with Crippen LogP contribution < -0.4 is 0 Å². The predicted molar refractivity (Wildman–Crippen MR) is 71.2 cm³/mol. The third-order valence-corrected chi connectivity index (χ3v) is 3.00. The van der Waals surface area contributed by atoms with Crippen LogP contribution in [0.3, 0.4) is 0 Å². The Kier molecular flexibility index (Phi) is 6.09. The summed E-state index contributed by atoms with van der Waals surface area (Å²) in [7, 11) is 0. The van der Waals surface area contributed by atoms with Crippen molar-refractivity contribution in [3.05, 3.63) is 23.0 Å². The SMILES string of the molecule is CCOCCOCC(=O)c1cc(C)n(CC)c1C. The molecule has 0 fully saturated rings. The lowest BCUT2D eigenvalue weighted by Crippen LogP contribution is -2.13. The molecule has 102 valence electrons. The van der Waals surface area contributed by atoms with Crippen LogP contribution in [0.4, 0.5) is 0 Å². The number of carbonyl (C=O) groups is 1. The molecule has 1 rings (SSSR count). The fourth-order valence-electron chi connectivity index (χ4n) is 2.07. The summed E-state index contributed by atoms with van der Waals surface area (Å²) in [5, 5.41) is 0. The van der Waals surface area contributed by atoms with Gasteiger partial charge in [0, 0.05) is 30.1 Å². The van der Waals surface area contributed by atoms with Crippen molar-refractivity contribution in [2.75, 3.05) is 26.4 Å². The quantitative estimate of drug-likeness (QED) is 0.527. The van der Waals surface area contributed by atoms with E-state index >= 15 is 0 Å². The number of hydrogen-bond acceptors (Lipinski definition) is 3. The molecule has 0 aliphatic heterocycles. The van der Waals surface area contributed by atoms with Gasteiger partial charge in [0.15, 0.2) is 5.78 Å². The normalized spacial score (nSPS) is 10.9. The molecule has 0 saturated heterocycles. The van der Waals surface area contributed by atoms with Crippen LogP contribution in [-0.2, 0) is 16.0 Å². The van der Waals surface area contributed by atoms with Gasteiger partial charge in [0.1, 0.15) is 6.61 Å². The summed E-state index contributed by atoms with van der Waals surface area (Å²) in [6.07, 6.45) is 0. The van der Waals surface area contributed by atoms with Gasteiger partial charge in [0.25, 0.3) is 0 Å². The first kappa shape index (κ1) is 14.9. The van der Waals surface area contributed by atoms with Crippen LogP contribution in [-0.4, -0.2) is 36.8 Å². The highest BCUT2D eigenvalue weighted by atomic mass is 16.5. The van der Waals surface area contributed by atoms with Gasteiger partial charge in [0.05, 0.1) is 13.2 Å². The van der Waals surface area contributed by atoms with Crippen LogP contribution in [0.25, 0.3) is 0 Å². The molecule has 0 saturated carbocycles. The van der Waals surface area contributed by atoms with E-state index in [0.717, 1.165) is 23.5 Å². The minimum absolute atomic E-state index is 0.0410. The molecule has 0 unspecified atom stereocenters. The first-order valence-electron chi connectivity index (χ1n) is 6.47. The van der Waals surface area contributed by atoms with E-state index in [2.05, 4.69) is 11.5 Å². The van der Waals surface area contributed by atoms with E-state index in [4.69, 9.17) is 9.47 Å². The van der Waals surface area contributed by atoms with Gasteiger partial charge in [-0.15, -0.1) is 0 Å². The van der Waals surface area contributed by atoms with Crippen molar-refractivity contribution in [1.29, 1.82) is 0 Å². The number of ether oxygens (including phenoxy) is 2. The zero-order valence-electron chi connectivity index (χ0n) is 11.8. The van der Waals surface area contributed by atoms with Gasteiger partial charge in [0.2, 0.25) is 0 Å². The fraction of sp³-hybridized carbons (Fsp3) is 0.643. The van der Waals surface area contributed by atoms with Crippen LogP contribution >= 0.6 is 0 Å². The van der Waals surface area contributed by atoms with E-state index < -0.39 is 0 Å². The Labute approximate surface area is 109 Å². The monoisotopic (exact) mass is 253 g/mol. The molecule has 0 atom stereocenters. The Morgan fingerprint density at radius 2 is 1.89 bits per heavy atom. The zero-order valence-corrected chi connectivity index (χ0v) is 11.8. The van der Waals surface area contributed by atoms with E-state index in [9.17, 15) is 4.79 Å². The topological polar surface area (TPSA) is 40.5 Å². The van der Waals surface area contributed by atoms with Crippen LogP contribution in [0.1, 0.15) is 35.6 Å². The maximum absolute atomic E-state index is 12.0. The summed E-state index contributed by atoms with van der Waals surface area (Å²) in [4.78, 5) is 12.0. The molecule has 0 radical (unpaired) electrons. The average molecular weight is 253 g/mol. The van der Waals surface area contributed by atoms with Gasteiger partial charge in [-0.1, -0.05) is 0 Å². The summed E-state index contributed by atoms with van der Waals surface area (Å²) in [5.74, 6) is 0.0410.